The number of rotatable bonds is 5. The van der Waals surface area contributed by atoms with Crippen molar-refractivity contribution in [3.05, 3.63) is 36.0 Å². The second kappa shape index (κ2) is 6.73. The molecule has 1 aliphatic heterocycles. The van der Waals surface area contributed by atoms with Crippen molar-refractivity contribution < 1.29 is 20.4 Å². The van der Waals surface area contributed by atoms with Crippen molar-refractivity contribution >= 4 is 0 Å². The first-order valence-electron chi connectivity index (χ1n) is 7.47. The zero-order valence-corrected chi connectivity index (χ0v) is 12.4. The van der Waals surface area contributed by atoms with Crippen LogP contribution in [0.3, 0.4) is 0 Å². The van der Waals surface area contributed by atoms with Gasteiger partial charge in [-0.15, -0.1) is 5.10 Å². The number of nitrogens with zero attached hydrogens (tertiary/aromatic N) is 3. The Morgan fingerprint density at radius 3 is 2.35 bits per heavy atom. The Morgan fingerprint density at radius 2 is 1.74 bits per heavy atom. The summed E-state index contributed by atoms with van der Waals surface area (Å²) in [6.07, 6.45) is -2.05. The summed E-state index contributed by atoms with van der Waals surface area (Å²) in [6.45, 7) is -0.252. The Kier molecular flexibility index (Phi) is 4.69. The Balaban J connectivity index is 1.88. The first-order chi connectivity index (χ1) is 11.2. The highest BCUT2D eigenvalue weighted by atomic mass is 16.3. The van der Waals surface area contributed by atoms with Crippen LogP contribution < -0.4 is 5.32 Å². The Hall–Kier alpha value is -1.84. The molecule has 4 atom stereocenters. The maximum Gasteiger partial charge on any atom is 0.116 e. The largest absolute Gasteiger partial charge is 0.395 e. The molecule has 1 aromatic heterocycles. The summed E-state index contributed by atoms with van der Waals surface area (Å²) in [7, 11) is 0. The van der Waals surface area contributed by atoms with E-state index in [1.54, 1.807) is 4.68 Å². The van der Waals surface area contributed by atoms with Gasteiger partial charge >= 0.3 is 0 Å². The summed E-state index contributed by atoms with van der Waals surface area (Å²) in [5.74, 6) is 0. The summed E-state index contributed by atoms with van der Waals surface area (Å²) in [6, 6.07) is 8.37. The van der Waals surface area contributed by atoms with Crippen molar-refractivity contribution in [1.82, 2.24) is 20.3 Å². The van der Waals surface area contributed by atoms with Crippen LogP contribution >= 0.6 is 0 Å². The van der Waals surface area contributed by atoms with Crippen LogP contribution in [0.15, 0.2) is 30.3 Å². The fourth-order valence-electron chi connectivity index (χ4n) is 2.95. The molecule has 0 unspecified atom stereocenters. The molecule has 124 valence electrons. The average molecular weight is 320 g/mol. The number of aliphatic hydroxyl groups is 4. The molecule has 3 rings (SSSR count). The molecule has 1 saturated heterocycles. The maximum atomic E-state index is 10.1. The van der Waals surface area contributed by atoms with Crippen LogP contribution in [-0.4, -0.2) is 66.3 Å². The fraction of sp³-hybridized carbons (Fsp3) is 0.467. The third-order valence-electron chi connectivity index (χ3n) is 4.17. The van der Waals surface area contributed by atoms with Crippen LogP contribution in [0.1, 0.15) is 5.69 Å². The van der Waals surface area contributed by atoms with Gasteiger partial charge in [0.25, 0.3) is 0 Å². The van der Waals surface area contributed by atoms with Crippen molar-refractivity contribution in [2.45, 2.75) is 37.4 Å². The molecule has 8 nitrogen and oxygen atoms in total. The summed E-state index contributed by atoms with van der Waals surface area (Å²) in [5, 5.41) is 49.7. The van der Waals surface area contributed by atoms with Crippen molar-refractivity contribution in [1.29, 1.82) is 0 Å². The zero-order valence-electron chi connectivity index (χ0n) is 12.4. The predicted molar refractivity (Wildman–Crippen MR) is 81.2 cm³/mol. The van der Waals surface area contributed by atoms with Gasteiger partial charge in [-0.2, -0.15) is 0 Å². The number of aromatic nitrogens is 3. The van der Waals surface area contributed by atoms with Crippen molar-refractivity contribution in [2.24, 2.45) is 0 Å². The van der Waals surface area contributed by atoms with Crippen LogP contribution in [-0.2, 0) is 13.2 Å². The van der Waals surface area contributed by atoms with Gasteiger partial charge < -0.3 is 25.7 Å². The molecule has 0 amide bonds. The molecule has 1 aliphatic rings. The molecule has 23 heavy (non-hydrogen) atoms. The van der Waals surface area contributed by atoms with Crippen molar-refractivity contribution in [3.8, 4) is 11.3 Å². The van der Waals surface area contributed by atoms with E-state index in [4.69, 9.17) is 0 Å². The van der Waals surface area contributed by atoms with Crippen molar-refractivity contribution in [3.63, 3.8) is 0 Å². The zero-order chi connectivity index (χ0) is 16.4. The Bertz CT molecular complexity index is 648. The van der Waals surface area contributed by atoms with Crippen LogP contribution in [0.2, 0.25) is 0 Å². The molecule has 2 heterocycles. The van der Waals surface area contributed by atoms with Gasteiger partial charge in [-0.3, -0.25) is 0 Å². The van der Waals surface area contributed by atoms with Crippen LogP contribution in [0.5, 0.6) is 0 Å². The quantitative estimate of drug-likeness (QED) is 0.454. The van der Waals surface area contributed by atoms with E-state index in [2.05, 4.69) is 15.6 Å². The van der Waals surface area contributed by atoms with Gasteiger partial charge in [0.05, 0.1) is 49.7 Å². The van der Waals surface area contributed by atoms with Gasteiger partial charge in [0.15, 0.2) is 0 Å². The van der Waals surface area contributed by atoms with E-state index in [0.29, 0.717) is 11.4 Å². The van der Waals surface area contributed by atoms with E-state index in [1.807, 2.05) is 30.3 Å². The van der Waals surface area contributed by atoms with E-state index >= 15 is 0 Å². The highest BCUT2D eigenvalue weighted by Crippen LogP contribution is 2.24. The lowest BCUT2D eigenvalue weighted by Gasteiger charge is -2.17. The lowest BCUT2D eigenvalue weighted by atomic mass is 10.1. The number of aliphatic hydroxyl groups excluding tert-OH is 4. The predicted octanol–water partition coefficient (Wildman–Crippen LogP) is -1.51. The smallest absolute Gasteiger partial charge is 0.116 e. The number of benzene rings is 1. The third-order valence-corrected chi connectivity index (χ3v) is 4.17. The first-order valence-corrected chi connectivity index (χ1v) is 7.47. The van der Waals surface area contributed by atoms with Crippen LogP contribution in [0, 0.1) is 0 Å². The average Bonchev–Trinajstić information content (AvgIpc) is 3.11. The number of hydrogen-bond acceptors (Lipinski definition) is 7. The Morgan fingerprint density at radius 1 is 1.04 bits per heavy atom. The number of nitrogens with one attached hydrogen (secondary N) is 1. The molecular weight excluding hydrogens is 300 g/mol. The minimum atomic E-state index is -1.04. The van der Waals surface area contributed by atoms with Crippen LogP contribution in [0.25, 0.3) is 11.3 Å². The highest BCUT2D eigenvalue weighted by Gasteiger charge is 2.41. The molecule has 0 saturated carbocycles. The molecule has 5 N–H and O–H groups in total. The van der Waals surface area contributed by atoms with Gasteiger partial charge in [0.1, 0.15) is 5.69 Å². The molecule has 2 aromatic rings. The lowest BCUT2D eigenvalue weighted by molar-refractivity contribution is 0.0176. The lowest BCUT2D eigenvalue weighted by Crippen LogP contribution is -2.38. The second-order valence-corrected chi connectivity index (χ2v) is 5.63. The first kappa shape index (κ1) is 16.0. The second-order valence-electron chi connectivity index (χ2n) is 5.63. The summed E-state index contributed by atoms with van der Waals surface area (Å²) >= 11 is 0. The van der Waals surface area contributed by atoms with E-state index in [-0.39, 0.29) is 19.8 Å². The monoisotopic (exact) mass is 320 g/mol. The summed E-state index contributed by atoms with van der Waals surface area (Å²) < 4.78 is 1.59. The molecule has 1 fully saturated rings. The normalized spacial score (nSPS) is 27.5. The minimum absolute atomic E-state index is 0.243. The highest BCUT2D eigenvalue weighted by molar-refractivity contribution is 5.61. The Labute approximate surface area is 133 Å². The van der Waals surface area contributed by atoms with E-state index in [1.165, 1.54) is 0 Å². The van der Waals surface area contributed by atoms with Gasteiger partial charge in [-0.05, 0) is 0 Å². The molecule has 8 heteroatoms. The summed E-state index contributed by atoms with van der Waals surface area (Å²) in [4.78, 5) is 0. The molecule has 0 aliphatic carbocycles. The standard InChI is InChI=1S/C15H20N4O4/c20-7-11-13(9-4-2-1-3-5-9)19(18-17-11)6-10-14(22)15(23)12(8-21)16-10/h1-5,10,12,14-16,20-23H,6-8H2/t10-,12-,14-,15-/m1/s1. The summed E-state index contributed by atoms with van der Waals surface area (Å²) in [5.41, 5.74) is 1.97. The van der Waals surface area contributed by atoms with Gasteiger partial charge in [-0.25, -0.2) is 4.68 Å². The number of hydrogen-bond donors (Lipinski definition) is 5. The van der Waals surface area contributed by atoms with E-state index in [9.17, 15) is 20.4 Å². The van der Waals surface area contributed by atoms with Crippen LogP contribution in [0.4, 0.5) is 0 Å². The third kappa shape index (κ3) is 2.99. The molecule has 1 aromatic carbocycles. The van der Waals surface area contributed by atoms with Gasteiger partial charge in [0.2, 0.25) is 0 Å². The molecular formula is C15H20N4O4. The SMILES string of the molecule is OCc1nnn(C[C@H]2N[C@H](CO)[C@@H](O)[C@@H]2O)c1-c1ccccc1. The topological polar surface area (TPSA) is 124 Å². The molecule has 0 bridgehead atoms. The van der Waals surface area contributed by atoms with Crippen molar-refractivity contribution in [2.75, 3.05) is 6.61 Å². The van der Waals surface area contributed by atoms with E-state index < -0.39 is 24.3 Å². The minimum Gasteiger partial charge on any atom is -0.395 e. The van der Waals surface area contributed by atoms with E-state index in [0.717, 1.165) is 5.56 Å². The maximum absolute atomic E-state index is 10.1. The fourth-order valence-corrected chi connectivity index (χ4v) is 2.95. The molecule has 0 spiro atoms. The van der Waals surface area contributed by atoms with Gasteiger partial charge in [-0.1, -0.05) is 35.5 Å². The molecule has 0 radical (unpaired) electrons. The van der Waals surface area contributed by atoms with Gasteiger partial charge in [0, 0.05) is 5.56 Å².